The Hall–Kier alpha value is -3.07. The topological polar surface area (TPSA) is 99.2 Å². The van der Waals surface area contributed by atoms with Crippen LogP contribution in [0.3, 0.4) is 0 Å². The molecule has 0 fully saturated rings. The van der Waals surface area contributed by atoms with Crippen molar-refractivity contribution in [3.8, 4) is 11.1 Å². The minimum atomic E-state index is -1.38. The Morgan fingerprint density at radius 2 is 1.53 bits per heavy atom. The van der Waals surface area contributed by atoms with Crippen molar-refractivity contribution >= 4 is 17.6 Å². The molecule has 0 bridgehead atoms. The first-order valence-corrected chi connectivity index (χ1v) is 9.39. The third kappa shape index (κ3) is 5.50. The number of nitrogens with one attached hydrogen (secondary N) is 1. The molecule has 2 N–H and O–H groups in total. The van der Waals surface area contributed by atoms with E-state index in [-0.39, 0.29) is 0 Å². The van der Waals surface area contributed by atoms with E-state index in [2.05, 4.69) is 5.32 Å². The predicted octanol–water partition coefficient (Wildman–Crippen LogP) is 1.09. The summed E-state index contributed by atoms with van der Waals surface area (Å²) in [4.78, 5) is 42.8. The number of benzene rings is 2. The van der Waals surface area contributed by atoms with Gasteiger partial charge in [-0.3, -0.25) is 14.4 Å². The number of aliphatic hydroxyl groups is 1. The van der Waals surface area contributed by atoms with Gasteiger partial charge in [-0.2, -0.15) is 5.06 Å². The van der Waals surface area contributed by atoms with Gasteiger partial charge in [0.15, 0.2) is 11.8 Å². The van der Waals surface area contributed by atoms with E-state index in [9.17, 15) is 14.4 Å². The lowest BCUT2D eigenvalue weighted by atomic mass is 10.0. The van der Waals surface area contributed by atoms with E-state index >= 15 is 0 Å². The molecule has 1 unspecified atom stereocenters. The maximum absolute atomic E-state index is 12.7. The zero-order valence-corrected chi connectivity index (χ0v) is 17.6. The molecular weight excluding hydrogens is 386 g/mol. The van der Waals surface area contributed by atoms with Gasteiger partial charge in [-0.05, 0) is 28.8 Å². The first kappa shape index (κ1) is 23.2. The number of hydrogen-bond acceptors (Lipinski definition) is 6. The summed E-state index contributed by atoms with van der Waals surface area (Å²) in [6.07, 6.45) is 0. The zero-order valence-electron chi connectivity index (χ0n) is 17.6. The molecule has 2 aromatic rings. The fraction of sp³-hybridized carbons (Fsp3) is 0.318. The second kappa shape index (κ2) is 10.6. The Kier molecular flexibility index (Phi) is 8.23. The Bertz CT molecular complexity index is 865. The van der Waals surface area contributed by atoms with Crippen LogP contribution in [0.2, 0.25) is 0 Å². The molecule has 0 radical (unpaired) electrons. The number of hydrogen-bond donors (Lipinski definition) is 2. The molecule has 30 heavy (non-hydrogen) atoms. The second-order valence-corrected chi connectivity index (χ2v) is 6.80. The highest BCUT2D eigenvalue weighted by molar-refractivity contribution is 6.10. The van der Waals surface area contributed by atoms with Crippen LogP contribution in [-0.4, -0.2) is 73.6 Å². The van der Waals surface area contributed by atoms with Crippen LogP contribution < -0.4 is 5.32 Å². The minimum Gasteiger partial charge on any atom is -0.388 e. The van der Waals surface area contributed by atoms with E-state index in [0.29, 0.717) is 12.1 Å². The molecule has 2 rings (SSSR count). The smallest absolute Gasteiger partial charge is 0.254 e. The predicted molar refractivity (Wildman–Crippen MR) is 112 cm³/mol. The van der Waals surface area contributed by atoms with Crippen molar-refractivity contribution in [3.05, 3.63) is 59.7 Å². The highest BCUT2D eigenvalue weighted by atomic mass is 16.7. The fourth-order valence-electron chi connectivity index (χ4n) is 3.01. The van der Waals surface area contributed by atoms with Gasteiger partial charge in [0, 0.05) is 33.3 Å². The van der Waals surface area contributed by atoms with Crippen LogP contribution in [0.15, 0.2) is 48.5 Å². The van der Waals surface area contributed by atoms with Gasteiger partial charge in [0.05, 0.1) is 7.11 Å². The van der Waals surface area contributed by atoms with Crippen LogP contribution in [0.4, 0.5) is 0 Å². The second-order valence-electron chi connectivity index (χ2n) is 6.80. The maximum Gasteiger partial charge on any atom is 0.254 e. The van der Waals surface area contributed by atoms with Gasteiger partial charge in [-0.1, -0.05) is 36.4 Å². The molecule has 0 aliphatic heterocycles. The molecule has 2 amide bonds. The standard InChI is InChI=1S/C22H27N3O5/c1-23-21(28)20(19(27)14-26)25(3)22(29)18-11-9-17(10-12-18)16-7-5-15(6-8-16)13-24(2)30-4/h5-12,20,26H,13-14H2,1-4H3,(H,23,28). The number of hydroxylamine groups is 2. The highest BCUT2D eigenvalue weighted by Crippen LogP contribution is 2.21. The number of ketones is 1. The lowest BCUT2D eigenvalue weighted by Gasteiger charge is -2.25. The van der Waals surface area contributed by atoms with E-state index < -0.39 is 30.2 Å². The SMILES string of the molecule is CNC(=O)C(C(=O)CO)N(C)C(=O)c1ccc(-c2ccc(CN(C)OC)cc2)cc1. The number of rotatable bonds is 9. The van der Waals surface area contributed by atoms with Gasteiger partial charge in [0.25, 0.3) is 5.91 Å². The first-order chi connectivity index (χ1) is 14.3. The molecule has 1 atom stereocenters. The van der Waals surface area contributed by atoms with Crippen LogP contribution in [0.25, 0.3) is 11.1 Å². The molecule has 0 saturated carbocycles. The summed E-state index contributed by atoms with van der Waals surface area (Å²) in [5.41, 5.74) is 3.35. The minimum absolute atomic E-state index is 0.333. The van der Waals surface area contributed by atoms with E-state index in [1.807, 2.05) is 31.3 Å². The number of nitrogens with zero attached hydrogens (tertiary/aromatic N) is 2. The van der Waals surface area contributed by atoms with Crippen molar-refractivity contribution in [1.82, 2.24) is 15.3 Å². The van der Waals surface area contributed by atoms with Crippen molar-refractivity contribution in [2.75, 3.05) is 34.9 Å². The molecule has 0 spiro atoms. The van der Waals surface area contributed by atoms with Crippen LogP contribution in [-0.2, 0) is 21.0 Å². The number of carbonyl (C=O) groups is 3. The summed E-state index contributed by atoms with van der Waals surface area (Å²) in [5, 5.41) is 13.2. The fourth-order valence-corrected chi connectivity index (χ4v) is 3.01. The van der Waals surface area contributed by atoms with E-state index in [1.54, 1.807) is 36.4 Å². The van der Waals surface area contributed by atoms with E-state index in [0.717, 1.165) is 21.6 Å². The Labute approximate surface area is 176 Å². The third-order valence-corrected chi connectivity index (χ3v) is 4.80. The summed E-state index contributed by atoms with van der Waals surface area (Å²) in [6, 6.07) is 13.5. The Morgan fingerprint density at radius 3 is 2.00 bits per heavy atom. The molecule has 0 saturated heterocycles. The monoisotopic (exact) mass is 413 g/mol. The van der Waals surface area contributed by atoms with E-state index in [1.165, 1.54) is 14.1 Å². The molecular formula is C22H27N3O5. The van der Waals surface area contributed by atoms with Gasteiger partial charge in [-0.15, -0.1) is 0 Å². The molecule has 0 aromatic heterocycles. The Morgan fingerprint density at radius 1 is 1.00 bits per heavy atom. The van der Waals surface area contributed by atoms with Crippen LogP contribution in [0.1, 0.15) is 15.9 Å². The van der Waals surface area contributed by atoms with Crippen molar-refractivity contribution in [2.24, 2.45) is 0 Å². The molecule has 0 aliphatic carbocycles. The van der Waals surface area contributed by atoms with Crippen molar-refractivity contribution in [2.45, 2.75) is 12.6 Å². The number of carbonyl (C=O) groups excluding carboxylic acids is 3. The summed E-state index contributed by atoms with van der Waals surface area (Å²) < 4.78 is 0. The summed E-state index contributed by atoms with van der Waals surface area (Å²) >= 11 is 0. The number of Topliss-reactive ketones (excluding diaryl/α,β-unsaturated/α-hetero) is 1. The molecule has 8 nitrogen and oxygen atoms in total. The normalized spacial score (nSPS) is 11.8. The lowest BCUT2D eigenvalue weighted by molar-refractivity contribution is -0.135. The van der Waals surface area contributed by atoms with Gasteiger partial charge < -0.3 is 20.2 Å². The number of aliphatic hydroxyl groups excluding tert-OH is 1. The quantitative estimate of drug-likeness (QED) is 0.472. The molecule has 0 heterocycles. The first-order valence-electron chi connectivity index (χ1n) is 9.39. The van der Waals surface area contributed by atoms with Gasteiger partial charge >= 0.3 is 0 Å². The number of likely N-dealkylation sites (N-methyl/N-ethyl adjacent to an activating group) is 2. The average molecular weight is 413 g/mol. The molecule has 160 valence electrons. The van der Waals surface area contributed by atoms with Crippen molar-refractivity contribution in [3.63, 3.8) is 0 Å². The largest absolute Gasteiger partial charge is 0.388 e. The summed E-state index contributed by atoms with van der Waals surface area (Å²) in [7, 11) is 6.19. The van der Waals surface area contributed by atoms with Crippen LogP contribution in [0.5, 0.6) is 0 Å². The summed E-state index contributed by atoms with van der Waals surface area (Å²) in [5.74, 6) is -1.89. The molecule has 0 aliphatic rings. The average Bonchev–Trinajstić information content (AvgIpc) is 2.78. The Balaban J connectivity index is 2.17. The zero-order chi connectivity index (χ0) is 22.3. The highest BCUT2D eigenvalue weighted by Gasteiger charge is 2.32. The van der Waals surface area contributed by atoms with Crippen molar-refractivity contribution < 1.29 is 24.3 Å². The van der Waals surface area contributed by atoms with Crippen LogP contribution >= 0.6 is 0 Å². The summed E-state index contributed by atoms with van der Waals surface area (Å²) in [6.45, 7) is -0.166. The van der Waals surface area contributed by atoms with Crippen molar-refractivity contribution in [1.29, 1.82) is 0 Å². The number of amides is 2. The van der Waals surface area contributed by atoms with Gasteiger partial charge in [-0.25, -0.2) is 0 Å². The van der Waals surface area contributed by atoms with E-state index in [4.69, 9.17) is 9.94 Å². The van der Waals surface area contributed by atoms with Gasteiger partial charge in [0.2, 0.25) is 5.91 Å². The maximum atomic E-state index is 12.7. The lowest BCUT2D eigenvalue weighted by Crippen LogP contribution is -2.52. The van der Waals surface area contributed by atoms with Crippen LogP contribution in [0, 0.1) is 0 Å². The van der Waals surface area contributed by atoms with Gasteiger partial charge in [0.1, 0.15) is 6.61 Å². The third-order valence-electron chi connectivity index (χ3n) is 4.80. The molecule has 2 aromatic carbocycles. The molecule has 8 heteroatoms.